The summed E-state index contributed by atoms with van der Waals surface area (Å²) in [6.07, 6.45) is 4.47. The number of nitrogens with one attached hydrogen (secondary N) is 3. The summed E-state index contributed by atoms with van der Waals surface area (Å²) < 4.78 is 1.99. The van der Waals surface area contributed by atoms with Crippen LogP contribution in [-0.4, -0.2) is 54.1 Å². The highest BCUT2D eigenvalue weighted by molar-refractivity contribution is 5.97. The van der Waals surface area contributed by atoms with Crippen LogP contribution in [0.2, 0.25) is 0 Å². The lowest BCUT2D eigenvalue weighted by molar-refractivity contribution is 0.0911. The molecule has 0 spiro atoms. The molecule has 1 atom stereocenters. The highest BCUT2D eigenvalue weighted by atomic mass is 16.2. The van der Waals surface area contributed by atoms with E-state index in [4.69, 9.17) is 5.73 Å². The average molecular weight is 437 g/mol. The lowest BCUT2D eigenvalue weighted by Gasteiger charge is -2.29. The zero-order valence-corrected chi connectivity index (χ0v) is 18.8. The first-order valence-electron chi connectivity index (χ1n) is 11.1. The van der Waals surface area contributed by atoms with Crippen LogP contribution >= 0.6 is 0 Å². The molecule has 4 heterocycles. The molecule has 0 aromatic carbocycles. The average Bonchev–Trinajstić information content (AvgIpc) is 3.16. The van der Waals surface area contributed by atoms with E-state index >= 15 is 0 Å². The van der Waals surface area contributed by atoms with E-state index in [1.807, 2.05) is 29.0 Å². The van der Waals surface area contributed by atoms with Gasteiger partial charge in [-0.1, -0.05) is 26.5 Å². The molecule has 1 amide bonds. The molecule has 1 saturated heterocycles. The Labute approximate surface area is 188 Å². The van der Waals surface area contributed by atoms with Crippen molar-refractivity contribution in [3.8, 4) is 0 Å². The summed E-state index contributed by atoms with van der Waals surface area (Å²) in [6.45, 7) is 12.7. The number of rotatable bonds is 6. The van der Waals surface area contributed by atoms with Gasteiger partial charge in [0.05, 0.1) is 17.9 Å². The van der Waals surface area contributed by atoms with Gasteiger partial charge < -0.3 is 31.2 Å². The van der Waals surface area contributed by atoms with Crippen LogP contribution in [0.15, 0.2) is 36.0 Å². The fraction of sp³-hybridized carbons (Fsp3) is 0.435. The number of piperazine rings is 1. The number of pyridine rings is 1. The first kappa shape index (κ1) is 21.9. The smallest absolute Gasteiger partial charge is 0.268 e. The van der Waals surface area contributed by atoms with Crippen LogP contribution in [0.4, 0.5) is 17.3 Å². The van der Waals surface area contributed by atoms with E-state index in [0.29, 0.717) is 29.8 Å². The quantitative estimate of drug-likeness (QED) is 0.408. The van der Waals surface area contributed by atoms with Crippen LogP contribution < -0.4 is 26.6 Å². The summed E-state index contributed by atoms with van der Waals surface area (Å²) in [6, 6.07) is 5.86. The molecule has 2 aliphatic heterocycles. The minimum atomic E-state index is -0.105. The molecule has 32 heavy (non-hydrogen) atoms. The van der Waals surface area contributed by atoms with Gasteiger partial charge in [0, 0.05) is 38.3 Å². The molecular formula is C23H32N8O. The summed E-state index contributed by atoms with van der Waals surface area (Å²) >= 11 is 0. The Balaban J connectivity index is 1.58. The van der Waals surface area contributed by atoms with Gasteiger partial charge in [0.1, 0.15) is 17.3 Å². The largest absolute Gasteiger partial charge is 0.369 e. The zero-order chi connectivity index (χ0) is 22.7. The second kappa shape index (κ2) is 9.44. The second-order valence-electron chi connectivity index (χ2n) is 8.64. The Morgan fingerprint density at radius 1 is 1.41 bits per heavy atom. The lowest BCUT2D eigenvalue weighted by atomic mass is 10.0. The third kappa shape index (κ3) is 4.62. The van der Waals surface area contributed by atoms with E-state index in [2.05, 4.69) is 51.3 Å². The minimum Gasteiger partial charge on any atom is -0.369 e. The number of aromatic nitrogens is 2. The molecule has 170 valence electrons. The van der Waals surface area contributed by atoms with Crippen LogP contribution in [0.1, 0.15) is 42.4 Å². The molecule has 1 fully saturated rings. The van der Waals surface area contributed by atoms with Gasteiger partial charge in [-0.05, 0) is 30.5 Å². The van der Waals surface area contributed by atoms with Gasteiger partial charge in [-0.3, -0.25) is 4.79 Å². The maximum atomic E-state index is 12.5. The Kier molecular flexibility index (Phi) is 6.45. The van der Waals surface area contributed by atoms with Crippen molar-refractivity contribution in [2.24, 2.45) is 16.6 Å². The summed E-state index contributed by atoms with van der Waals surface area (Å²) in [5, 5.41) is 9.40. The van der Waals surface area contributed by atoms with Gasteiger partial charge in [-0.15, -0.1) is 0 Å². The van der Waals surface area contributed by atoms with E-state index in [-0.39, 0.29) is 17.9 Å². The van der Waals surface area contributed by atoms with Crippen molar-refractivity contribution in [3.63, 3.8) is 0 Å². The number of carbonyl (C=O) groups is 1. The minimum absolute atomic E-state index is 0.105. The number of nitrogens with two attached hydrogens (primary N) is 1. The summed E-state index contributed by atoms with van der Waals surface area (Å²) in [5.74, 6) is 1.84. The molecule has 9 nitrogen and oxygen atoms in total. The summed E-state index contributed by atoms with van der Waals surface area (Å²) in [5.41, 5.74) is 8.70. The molecular weight excluding hydrogens is 404 g/mol. The highest BCUT2D eigenvalue weighted by Gasteiger charge is 2.29. The van der Waals surface area contributed by atoms with Gasteiger partial charge in [0.25, 0.3) is 5.91 Å². The number of carbonyl (C=O) groups excluding carboxylic acids is 1. The first-order valence-corrected chi connectivity index (χ1v) is 11.1. The number of amides is 1. The fourth-order valence-corrected chi connectivity index (χ4v) is 4.32. The van der Waals surface area contributed by atoms with Crippen LogP contribution in [0.5, 0.6) is 0 Å². The van der Waals surface area contributed by atoms with Crippen molar-refractivity contribution in [3.05, 3.63) is 42.2 Å². The third-order valence-corrected chi connectivity index (χ3v) is 5.81. The maximum Gasteiger partial charge on any atom is 0.268 e. The SMILES string of the molecule is C=Cc1cc2n(c1/N=C(\N)Nc1ccc(N3CCNCC3)cn1)[C@@H](CC(C)C)CNC2=O. The van der Waals surface area contributed by atoms with E-state index < -0.39 is 0 Å². The number of hydrogen-bond donors (Lipinski definition) is 4. The highest BCUT2D eigenvalue weighted by Crippen LogP contribution is 2.34. The van der Waals surface area contributed by atoms with Crippen molar-refractivity contribution in [1.82, 2.24) is 20.2 Å². The predicted molar refractivity (Wildman–Crippen MR) is 130 cm³/mol. The first-order chi connectivity index (χ1) is 15.5. The number of nitrogens with zero attached hydrogens (tertiary/aromatic N) is 4. The molecule has 2 aromatic heterocycles. The molecule has 0 saturated carbocycles. The van der Waals surface area contributed by atoms with Crippen LogP contribution in [0, 0.1) is 5.92 Å². The molecule has 0 bridgehead atoms. The standard InChI is InChI=1S/C23H32N8O/c1-4-16-12-19-22(32)27-14-18(11-15(2)3)31(19)21(16)29-23(24)28-20-6-5-17(13-26-20)30-9-7-25-8-10-30/h4-6,12-13,15,18,25H,1,7-11,14H2,2-3H3,(H,27,32)(H3,24,26,28,29)/t18-/m0/s1. The molecule has 0 radical (unpaired) electrons. The number of anilines is 2. The predicted octanol–water partition coefficient (Wildman–Crippen LogP) is 2.32. The Morgan fingerprint density at radius 2 is 2.19 bits per heavy atom. The molecule has 2 aromatic rings. The van der Waals surface area contributed by atoms with E-state index in [0.717, 1.165) is 43.9 Å². The number of guanidine groups is 1. The van der Waals surface area contributed by atoms with Gasteiger partial charge >= 0.3 is 0 Å². The normalized spacial score (nSPS) is 19.0. The maximum absolute atomic E-state index is 12.5. The van der Waals surface area contributed by atoms with Gasteiger partial charge in [-0.25, -0.2) is 4.98 Å². The fourth-order valence-electron chi connectivity index (χ4n) is 4.32. The Hall–Kier alpha value is -3.33. The van der Waals surface area contributed by atoms with Crippen molar-refractivity contribution < 1.29 is 4.79 Å². The van der Waals surface area contributed by atoms with Crippen LogP contribution in [0.3, 0.4) is 0 Å². The molecule has 4 rings (SSSR count). The Bertz CT molecular complexity index is 1000. The van der Waals surface area contributed by atoms with Crippen molar-refractivity contribution in [1.29, 1.82) is 0 Å². The lowest BCUT2D eigenvalue weighted by Crippen LogP contribution is -2.43. The summed E-state index contributed by atoms with van der Waals surface area (Å²) in [4.78, 5) is 23.9. The zero-order valence-electron chi connectivity index (χ0n) is 18.8. The van der Waals surface area contributed by atoms with Crippen LogP contribution in [0.25, 0.3) is 6.08 Å². The molecule has 5 N–H and O–H groups in total. The Morgan fingerprint density at radius 3 is 2.84 bits per heavy atom. The molecule has 0 unspecified atom stereocenters. The van der Waals surface area contributed by atoms with Gasteiger partial charge in [0.15, 0.2) is 0 Å². The topological polar surface area (TPSA) is 113 Å². The number of aliphatic imine (C=N–C) groups is 1. The van der Waals surface area contributed by atoms with Crippen molar-refractivity contribution in [2.75, 3.05) is 42.9 Å². The molecule has 0 aliphatic carbocycles. The number of hydrogen-bond acceptors (Lipinski definition) is 5. The van der Waals surface area contributed by atoms with E-state index in [1.165, 1.54) is 0 Å². The number of fused-ring (bicyclic) bond motifs is 1. The monoisotopic (exact) mass is 436 g/mol. The van der Waals surface area contributed by atoms with E-state index in [1.54, 1.807) is 6.08 Å². The van der Waals surface area contributed by atoms with E-state index in [9.17, 15) is 4.79 Å². The third-order valence-electron chi connectivity index (χ3n) is 5.81. The van der Waals surface area contributed by atoms with Gasteiger partial charge in [-0.2, -0.15) is 4.99 Å². The van der Waals surface area contributed by atoms with Gasteiger partial charge in [0.2, 0.25) is 5.96 Å². The van der Waals surface area contributed by atoms with Crippen LogP contribution in [-0.2, 0) is 0 Å². The molecule has 9 heteroatoms. The van der Waals surface area contributed by atoms with Crippen molar-refractivity contribution in [2.45, 2.75) is 26.3 Å². The molecule has 2 aliphatic rings. The second-order valence-corrected chi connectivity index (χ2v) is 8.64. The van der Waals surface area contributed by atoms with Crippen molar-refractivity contribution >= 4 is 35.3 Å². The summed E-state index contributed by atoms with van der Waals surface area (Å²) in [7, 11) is 0.